The number of nitrogens with zero attached hydrogens (tertiary/aromatic N) is 2. The van der Waals surface area contributed by atoms with Gasteiger partial charge >= 0.3 is 0 Å². The number of rotatable bonds is 6. The summed E-state index contributed by atoms with van der Waals surface area (Å²) in [6.45, 7) is 3.16. The summed E-state index contributed by atoms with van der Waals surface area (Å²) in [6.07, 6.45) is 4.26. The van der Waals surface area contributed by atoms with E-state index < -0.39 is 26.1 Å². The third-order valence-corrected chi connectivity index (χ3v) is 8.07. The largest absolute Gasteiger partial charge is 0.342 e. The van der Waals surface area contributed by atoms with Crippen LogP contribution in [-0.2, 0) is 31.4 Å². The maximum atomic E-state index is 12.7. The van der Waals surface area contributed by atoms with Gasteiger partial charge in [-0.15, -0.1) is 0 Å². The van der Waals surface area contributed by atoms with E-state index >= 15 is 0 Å². The number of carbonyl (C=O) groups is 1. The molecule has 1 fully saturated rings. The molecule has 0 aromatic heterocycles. The van der Waals surface area contributed by atoms with Crippen LogP contribution in [0, 0.1) is 0 Å². The molecular formula is C18H28N2O4S2. The van der Waals surface area contributed by atoms with Gasteiger partial charge in [-0.25, -0.2) is 12.7 Å². The fourth-order valence-electron chi connectivity index (χ4n) is 2.96. The molecule has 146 valence electrons. The van der Waals surface area contributed by atoms with Gasteiger partial charge in [0.05, 0.1) is 4.90 Å². The predicted octanol–water partition coefficient (Wildman–Crippen LogP) is 1.98. The third kappa shape index (κ3) is 5.14. The first kappa shape index (κ1) is 21.1. The van der Waals surface area contributed by atoms with E-state index in [1.807, 2.05) is 4.90 Å². The number of hydrogen-bond donors (Lipinski definition) is 0. The summed E-state index contributed by atoms with van der Waals surface area (Å²) >= 11 is 0. The van der Waals surface area contributed by atoms with Gasteiger partial charge in [0.15, 0.2) is 0 Å². The molecule has 1 saturated heterocycles. The molecule has 1 aromatic rings. The molecule has 0 bridgehead atoms. The Morgan fingerprint density at radius 1 is 1.19 bits per heavy atom. The van der Waals surface area contributed by atoms with Crippen molar-refractivity contribution in [2.75, 3.05) is 27.2 Å². The highest BCUT2D eigenvalue weighted by Crippen LogP contribution is 2.18. The Morgan fingerprint density at radius 2 is 1.81 bits per heavy atom. The van der Waals surface area contributed by atoms with E-state index in [9.17, 15) is 17.4 Å². The Labute approximate surface area is 159 Å². The first-order valence-electron chi connectivity index (χ1n) is 8.91. The van der Waals surface area contributed by atoms with Gasteiger partial charge < -0.3 is 4.90 Å². The van der Waals surface area contributed by atoms with E-state index in [2.05, 4.69) is 0 Å². The van der Waals surface area contributed by atoms with Crippen molar-refractivity contribution in [3.05, 3.63) is 29.8 Å². The molecule has 1 aromatic carbocycles. The van der Waals surface area contributed by atoms with Gasteiger partial charge in [0.1, 0.15) is 5.25 Å². The normalized spacial score (nSPS) is 18.4. The van der Waals surface area contributed by atoms with Crippen molar-refractivity contribution < 1.29 is 17.4 Å². The Balaban J connectivity index is 2.08. The number of likely N-dealkylation sites (tertiary alicyclic amines) is 1. The van der Waals surface area contributed by atoms with Crippen LogP contribution in [0.15, 0.2) is 29.2 Å². The lowest BCUT2D eigenvalue weighted by Gasteiger charge is -2.23. The second kappa shape index (κ2) is 9.10. The van der Waals surface area contributed by atoms with Crippen molar-refractivity contribution in [2.45, 2.75) is 48.5 Å². The van der Waals surface area contributed by atoms with E-state index in [0.29, 0.717) is 5.56 Å². The number of carbonyl (C=O) groups excluding carboxylic acids is 1. The highest BCUT2D eigenvalue weighted by Gasteiger charge is 2.26. The Bertz CT molecular complexity index is 754. The van der Waals surface area contributed by atoms with Crippen LogP contribution in [0.2, 0.25) is 0 Å². The molecule has 0 aliphatic carbocycles. The maximum absolute atomic E-state index is 12.7. The van der Waals surface area contributed by atoms with Gasteiger partial charge in [0, 0.05) is 43.7 Å². The fraction of sp³-hybridized carbons (Fsp3) is 0.611. The lowest BCUT2D eigenvalue weighted by molar-refractivity contribution is -0.130. The highest BCUT2D eigenvalue weighted by atomic mass is 32.2. The minimum absolute atomic E-state index is 0.0673. The molecule has 0 radical (unpaired) electrons. The van der Waals surface area contributed by atoms with Crippen LogP contribution in [0.1, 0.15) is 38.2 Å². The minimum atomic E-state index is -3.53. The number of hydrogen-bond acceptors (Lipinski definition) is 4. The summed E-state index contributed by atoms with van der Waals surface area (Å²) in [4.78, 5) is 14.6. The average Bonchev–Trinajstić information content (AvgIpc) is 2.89. The quantitative estimate of drug-likeness (QED) is 0.732. The Morgan fingerprint density at radius 3 is 2.38 bits per heavy atom. The minimum Gasteiger partial charge on any atom is -0.342 e. The van der Waals surface area contributed by atoms with Crippen LogP contribution in [0.5, 0.6) is 0 Å². The molecule has 0 spiro atoms. The fourth-order valence-corrected chi connectivity index (χ4v) is 5.06. The third-order valence-electron chi connectivity index (χ3n) is 4.65. The molecule has 26 heavy (non-hydrogen) atoms. The molecule has 0 saturated carbocycles. The first-order valence-corrected chi connectivity index (χ1v) is 11.7. The van der Waals surface area contributed by atoms with Gasteiger partial charge in [-0.1, -0.05) is 25.0 Å². The van der Waals surface area contributed by atoms with Crippen LogP contribution in [0.4, 0.5) is 0 Å². The molecule has 1 aliphatic rings. The molecule has 1 aliphatic heterocycles. The van der Waals surface area contributed by atoms with Crippen molar-refractivity contribution in [1.82, 2.24) is 9.21 Å². The van der Waals surface area contributed by atoms with Gasteiger partial charge in [-0.2, -0.15) is 0 Å². The topological polar surface area (TPSA) is 74.8 Å². The molecule has 2 atom stereocenters. The zero-order valence-corrected chi connectivity index (χ0v) is 17.3. The van der Waals surface area contributed by atoms with Crippen LogP contribution < -0.4 is 0 Å². The summed E-state index contributed by atoms with van der Waals surface area (Å²) in [5, 5.41) is -0.595. The predicted molar refractivity (Wildman–Crippen MR) is 104 cm³/mol. The number of sulfonamides is 1. The number of amides is 1. The number of benzene rings is 1. The molecule has 1 amide bonds. The molecule has 6 nitrogen and oxygen atoms in total. The summed E-state index contributed by atoms with van der Waals surface area (Å²) < 4.78 is 38.3. The summed E-state index contributed by atoms with van der Waals surface area (Å²) in [6, 6.07) is 6.45. The SMILES string of the molecule is CC(C(=O)N1CCCCCC1)S(=O)Cc1cccc(S(=O)(=O)N(C)C)c1. The van der Waals surface area contributed by atoms with Gasteiger partial charge in [-0.3, -0.25) is 9.00 Å². The zero-order valence-electron chi connectivity index (χ0n) is 15.7. The van der Waals surface area contributed by atoms with Gasteiger partial charge in [0.2, 0.25) is 15.9 Å². The smallest absolute Gasteiger partial charge is 0.242 e. The average molecular weight is 401 g/mol. The lowest BCUT2D eigenvalue weighted by Crippen LogP contribution is -2.40. The van der Waals surface area contributed by atoms with E-state index in [4.69, 9.17) is 0 Å². The van der Waals surface area contributed by atoms with Gasteiger partial charge in [-0.05, 0) is 37.5 Å². The van der Waals surface area contributed by atoms with E-state index in [-0.39, 0.29) is 16.6 Å². The van der Waals surface area contributed by atoms with E-state index in [1.165, 1.54) is 26.2 Å². The second-order valence-corrected chi connectivity index (χ2v) is 10.8. The van der Waals surface area contributed by atoms with Crippen molar-refractivity contribution in [3.8, 4) is 0 Å². The van der Waals surface area contributed by atoms with E-state index in [1.54, 1.807) is 19.1 Å². The summed E-state index contributed by atoms with van der Waals surface area (Å²) in [7, 11) is -1.98. The van der Waals surface area contributed by atoms with Crippen molar-refractivity contribution in [1.29, 1.82) is 0 Å². The van der Waals surface area contributed by atoms with Crippen LogP contribution >= 0.6 is 0 Å². The first-order chi connectivity index (χ1) is 12.2. The highest BCUT2D eigenvalue weighted by molar-refractivity contribution is 7.89. The molecule has 2 rings (SSSR count). The monoisotopic (exact) mass is 400 g/mol. The van der Waals surface area contributed by atoms with Crippen molar-refractivity contribution >= 4 is 26.7 Å². The summed E-state index contributed by atoms with van der Waals surface area (Å²) in [5.41, 5.74) is 0.654. The molecule has 2 unspecified atom stereocenters. The van der Waals surface area contributed by atoms with Crippen LogP contribution in [-0.4, -0.2) is 60.2 Å². The lowest BCUT2D eigenvalue weighted by atomic mass is 10.2. The molecule has 0 N–H and O–H groups in total. The van der Waals surface area contributed by atoms with Crippen LogP contribution in [0.25, 0.3) is 0 Å². The standard InChI is InChI=1S/C18H28N2O4S2/c1-15(18(21)20-11-6-4-5-7-12-20)25(22)14-16-9-8-10-17(13-16)26(23,24)19(2)3/h8-10,13,15H,4-7,11-12,14H2,1-3H3. The van der Waals surface area contributed by atoms with Crippen LogP contribution in [0.3, 0.4) is 0 Å². The molecule has 1 heterocycles. The van der Waals surface area contributed by atoms with E-state index in [0.717, 1.165) is 43.1 Å². The summed E-state index contributed by atoms with van der Waals surface area (Å²) in [5.74, 6) is 0.0969. The second-order valence-electron chi connectivity index (χ2n) is 6.84. The Kier molecular flexibility index (Phi) is 7.37. The molecular weight excluding hydrogens is 372 g/mol. The van der Waals surface area contributed by atoms with Crippen molar-refractivity contribution in [2.24, 2.45) is 0 Å². The maximum Gasteiger partial charge on any atom is 0.242 e. The van der Waals surface area contributed by atoms with Gasteiger partial charge in [0.25, 0.3) is 0 Å². The molecule has 8 heteroatoms. The van der Waals surface area contributed by atoms with Crippen molar-refractivity contribution in [3.63, 3.8) is 0 Å². The zero-order chi connectivity index (χ0) is 19.3. The Hall–Kier alpha value is -1.25.